The summed E-state index contributed by atoms with van der Waals surface area (Å²) in [5, 5.41) is 8.28. The van der Waals surface area contributed by atoms with Gasteiger partial charge in [0.05, 0.1) is 41.0 Å². The minimum absolute atomic E-state index is 0.0645. The molecule has 14 nitrogen and oxygen atoms in total. The van der Waals surface area contributed by atoms with Gasteiger partial charge >= 0.3 is 5.97 Å². The van der Waals surface area contributed by atoms with Crippen molar-refractivity contribution in [2.45, 2.75) is 58.0 Å². The number of carbonyl (C=O) groups excluding carboxylic acids is 2. The number of aryl methyl sites for hydroxylation is 1. The first-order valence-electron chi connectivity index (χ1n) is 17.7. The van der Waals surface area contributed by atoms with Gasteiger partial charge in [0, 0.05) is 57.9 Å². The Balaban J connectivity index is 1.27. The van der Waals surface area contributed by atoms with Gasteiger partial charge in [-0.3, -0.25) is 9.59 Å². The zero-order valence-corrected chi connectivity index (χ0v) is 30.6. The first-order valence-corrected chi connectivity index (χ1v) is 17.7. The van der Waals surface area contributed by atoms with E-state index in [1.807, 2.05) is 28.5 Å². The zero-order chi connectivity index (χ0) is 38.7. The van der Waals surface area contributed by atoms with Crippen molar-refractivity contribution in [3.8, 4) is 16.9 Å². The Labute approximate surface area is 312 Å². The fourth-order valence-corrected chi connectivity index (χ4v) is 7.55. The summed E-state index contributed by atoms with van der Waals surface area (Å²) in [7, 11) is 3.28. The number of hydrogen-bond donors (Lipinski definition) is 1. The lowest BCUT2D eigenvalue weighted by Crippen LogP contribution is -2.47. The number of methoxy groups -OCH3 is 1. The lowest BCUT2D eigenvalue weighted by Gasteiger charge is -2.31. The highest BCUT2D eigenvalue weighted by atomic mass is 19.1. The molecule has 0 spiro atoms. The minimum atomic E-state index is -0.929. The lowest BCUT2D eigenvalue weighted by molar-refractivity contribution is -0.146. The summed E-state index contributed by atoms with van der Waals surface area (Å²) < 4.78 is 58.7. The molecule has 0 radical (unpaired) electrons. The minimum Gasteiger partial charge on any atom is -0.455 e. The smallest absolute Gasteiger partial charge is 0.303 e. The maximum Gasteiger partial charge on any atom is 0.303 e. The van der Waals surface area contributed by atoms with Gasteiger partial charge in [0.2, 0.25) is 5.91 Å². The number of halogens is 3. The molecule has 4 atom stereocenters. The molecular weight excluding hydrogens is 717 g/mol. The van der Waals surface area contributed by atoms with Crippen molar-refractivity contribution in [1.82, 2.24) is 39.2 Å². The Morgan fingerprint density at radius 2 is 1.82 bits per heavy atom. The predicted molar refractivity (Wildman–Crippen MR) is 196 cm³/mol. The second kappa shape index (κ2) is 14.0. The van der Waals surface area contributed by atoms with E-state index in [2.05, 4.69) is 20.4 Å². The van der Waals surface area contributed by atoms with E-state index in [1.165, 1.54) is 36.0 Å². The molecule has 1 N–H and O–H groups in total. The van der Waals surface area contributed by atoms with E-state index >= 15 is 8.78 Å². The molecule has 4 aromatic heterocycles. The highest BCUT2D eigenvalue weighted by molar-refractivity contribution is 5.94. The van der Waals surface area contributed by atoms with Gasteiger partial charge in [-0.25, -0.2) is 37.8 Å². The average molecular weight is 755 g/mol. The van der Waals surface area contributed by atoms with Crippen LogP contribution in [-0.4, -0.2) is 96.5 Å². The summed E-state index contributed by atoms with van der Waals surface area (Å²) in [6.45, 7) is 5.47. The number of benzene rings is 2. The summed E-state index contributed by atoms with van der Waals surface area (Å²) in [5.41, 5.74) is 2.37. The van der Waals surface area contributed by atoms with Crippen LogP contribution in [-0.2, 0) is 25.6 Å². The van der Waals surface area contributed by atoms with Crippen LogP contribution >= 0.6 is 0 Å². The summed E-state index contributed by atoms with van der Waals surface area (Å²) >= 11 is 0. The van der Waals surface area contributed by atoms with Crippen molar-refractivity contribution in [2.24, 2.45) is 0 Å². The summed E-state index contributed by atoms with van der Waals surface area (Å²) in [5.74, 6) is -1.33. The second-order valence-electron chi connectivity index (χ2n) is 13.9. The molecular formula is C38H37F3N10O4. The van der Waals surface area contributed by atoms with Gasteiger partial charge in [0.15, 0.2) is 23.4 Å². The molecule has 1 saturated heterocycles. The van der Waals surface area contributed by atoms with Crippen LogP contribution in [0.5, 0.6) is 0 Å². The van der Waals surface area contributed by atoms with Gasteiger partial charge in [-0.05, 0) is 50.6 Å². The molecule has 1 unspecified atom stereocenters. The van der Waals surface area contributed by atoms with Crippen molar-refractivity contribution in [2.75, 3.05) is 37.5 Å². The monoisotopic (exact) mass is 754 g/mol. The number of imidazole rings is 1. The van der Waals surface area contributed by atoms with Crippen LogP contribution in [0.3, 0.4) is 0 Å². The molecule has 17 heteroatoms. The highest BCUT2D eigenvalue weighted by Crippen LogP contribution is 2.36. The fourth-order valence-electron chi connectivity index (χ4n) is 7.55. The largest absolute Gasteiger partial charge is 0.455 e. The Hall–Kier alpha value is -6.10. The van der Waals surface area contributed by atoms with Gasteiger partial charge in [0.1, 0.15) is 40.8 Å². The first-order chi connectivity index (χ1) is 26.4. The van der Waals surface area contributed by atoms with Gasteiger partial charge in [0.25, 0.3) is 0 Å². The van der Waals surface area contributed by atoms with Gasteiger partial charge < -0.3 is 29.2 Å². The number of fused-ring (bicyclic) bond motifs is 6. The molecule has 6 heterocycles. The van der Waals surface area contributed by atoms with Crippen LogP contribution < -0.4 is 10.2 Å². The maximum atomic E-state index is 15.2. The quantitative estimate of drug-likeness (QED) is 0.234. The second-order valence-corrected chi connectivity index (χ2v) is 13.9. The van der Waals surface area contributed by atoms with Gasteiger partial charge in [-0.15, -0.1) is 0 Å². The van der Waals surface area contributed by atoms with E-state index in [-0.39, 0.29) is 42.2 Å². The van der Waals surface area contributed by atoms with Crippen molar-refractivity contribution in [3.05, 3.63) is 83.8 Å². The molecule has 8 rings (SSSR count). The molecule has 6 aromatic rings. The summed E-state index contributed by atoms with van der Waals surface area (Å²) in [6, 6.07) is 10.3. The topological polar surface area (TPSA) is 145 Å². The Morgan fingerprint density at radius 1 is 1.00 bits per heavy atom. The van der Waals surface area contributed by atoms with Gasteiger partial charge in [-0.1, -0.05) is 6.07 Å². The Kier molecular flexibility index (Phi) is 9.11. The number of aromatic nitrogens is 7. The number of nitrogens with zero attached hydrogens (tertiary/aromatic N) is 9. The fraction of sp³-hybridized carbons (Fsp3) is 0.342. The molecule has 1 amide bonds. The van der Waals surface area contributed by atoms with E-state index in [4.69, 9.17) is 19.4 Å². The lowest BCUT2D eigenvalue weighted by atomic mass is 10.1. The van der Waals surface area contributed by atoms with Crippen molar-refractivity contribution < 1.29 is 32.2 Å². The molecule has 1 fully saturated rings. The number of hydrogen-bond acceptors (Lipinski definition) is 11. The zero-order valence-electron chi connectivity index (χ0n) is 30.6. The molecule has 2 aromatic carbocycles. The highest BCUT2D eigenvalue weighted by Gasteiger charge is 2.41. The van der Waals surface area contributed by atoms with Crippen molar-refractivity contribution in [3.63, 3.8) is 0 Å². The van der Waals surface area contributed by atoms with E-state index in [9.17, 15) is 14.0 Å². The van der Waals surface area contributed by atoms with Crippen molar-refractivity contribution in [1.29, 1.82) is 0 Å². The van der Waals surface area contributed by atoms with Crippen LogP contribution in [0.2, 0.25) is 0 Å². The summed E-state index contributed by atoms with van der Waals surface area (Å²) in [6.07, 6.45) is 0.367. The molecule has 2 aliphatic heterocycles. The first kappa shape index (κ1) is 35.9. The van der Waals surface area contributed by atoms with E-state index in [0.717, 1.165) is 12.1 Å². The Morgan fingerprint density at radius 3 is 2.58 bits per heavy atom. The van der Waals surface area contributed by atoms with Crippen LogP contribution in [0.4, 0.5) is 24.8 Å². The van der Waals surface area contributed by atoms with Gasteiger partial charge in [-0.2, -0.15) is 5.10 Å². The number of ether oxygens (including phenoxy) is 2. The number of amides is 1. The van der Waals surface area contributed by atoms with Crippen LogP contribution in [0.1, 0.15) is 38.0 Å². The number of carbonyl (C=O) groups is 2. The number of pyridine rings is 1. The predicted octanol–water partition coefficient (Wildman–Crippen LogP) is 5.12. The number of nitrogens with one attached hydrogen (secondary N) is 1. The maximum absolute atomic E-state index is 15.2. The third-order valence-corrected chi connectivity index (χ3v) is 10.1. The van der Waals surface area contributed by atoms with E-state index in [1.54, 1.807) is 32.0 Å². The summed E-state index contributed by atoms with van der Waals surface area (Å²) in [4.78, 5) is 49.1. The average Bonchev–Trinajstić information content (AvgIpc) is 3.84. The standard InChI is InChI=1S/C38H37F3N10O4/c1-19(55-21(3)52)35-46-36(27-15-42-51(37(27)47-35)31-10-9-22(39)12-28(31)41)50-16-24-14-32(50)38(53)48(4)17-25(54-5)18-49-20(2)43-30-13-23(40)11-26(34(30)49)29-7-6-8-33(44-24)45-29/h6-13,15,19,24-25,32H,14,16-18H2,1-5H3,(H,44,45)/t19?,24-,25-,32-/m0/s1. The van der Waals surface area contributed by atoms with Crippen LogP contribution in [0.15, 0.2) is 54.7 Å². The number of rotatable bonds is 5. The molecule has 55 heavy (non-hydrogen) atoms. The van der Waals surface area contributed by atoms with Crippen LogP contribution in [0.25, 0.3) is 39.0 Å². The number of esters is 1. The normalized spacial score (nSPS) is 19.3. The number of likely N-dealkylation sites (N-methyl/N-ethyl adjacent to an activating group) is 1. The molecule has 0 aliphatic carbocycles. The molecule has 284 valence electrons. The third-order valence-electron chi connectivity index (χ3n) is 10.1. The number of anilines is 2. The molecule has 4 bridgehead atoms. The third kappa shape index (κ3) is 6.57. The van der Waals surface area contributed by atoms with E-state index in [0.29, 0.717) is 58.1 Å². The molecule has 2 aliphatic rings. The molecule has 0 saturated carbocycles. The van der Waals surface area contributed by atoms with E-state index < -0.39 is 41.7 Å². The van der Waals surface area contributed by atoms with Crippen LogP contribution in [0, 0.1) is 24.4 Å². The Bertz CT molecular complexity index is 2490. The SMILES string of the molecule is CO[C@H]1CN(C)C(=O)[C@@H]2C[C@@H](CN2c2nc(C(C)OC(C)=O)nc3c2cnn3-c2ccc(F)cc2F)Nc2cccc(n2)-c2cc(F)cc3nc(C)n(c23)C1. The van der Waals surface area contributed by atoms with Crippen molar-refractivity contribution >= 4 is 45.6 Å².